The van der Waals surface area contributed by atoms with Gasteiger partial charge in [0.25, 0.3) is 0 Å². The predicted octanol–water partition coefficient (Wildman–Crippen LogP) is 1.48. The molecule has 0 saturated heterocycles. The van der Waals surface area contributed by atoms with Crippen LogP contribution in [0.5, 0.6) is 5.75 Å². The van der Waals surface area contributed by atoms with Crippen molar-refractivity contribution in [2.75, 3.05) is 12.8 Å². The molecule has 1 aromatic rings. The highest BCUT2D eigenvalue weighted by molar-refractivity contribution is 7.86. The number of hydrogen-bond acceptors (Lipinski definition) is 4. The van der Waals surface area contributed by atoms with Crippen molar-refractivity contribution in [1.82, 2.24) is 0 Å². The van der Waals surface area contributed by atoms with E-state index >= 15 is 0 Å². The third kappa shape index (κ3) is 4.20. The van der Waals surface area contributed by atoms with Gasteiger partial charge in [0.2, 0.25) is 0 Å². The maximum absolute atomic E-state index is 10.9. The quantitative estimate of drug-likeness (QED) is 0.795. The molecule has 90 valence electrons. The first-order chi connectivity index (χ1) is 7.42. The molecule has 0 aliphatic rings. The second-order valence-corrected chi connectivity index (χ2v) is 5.41. The Morgan fingerprint density at radius 1 is 1.31 bits per heavy atom. The Hall–Kier alpha value is -1.07. The zero-order valence-corrected chi connectivity index (χ0v) is 10.3. The van der Waals surface area contributed by atoms with Crippen LogP contribution in [-0.2, 0) is 10.1 Å². The van der Waals surface area contributed by atoms with Crippen molar-refractivity contribution in [1.29, 1.82) is 0 Å². The van der Waals surface area contributed by atoms with Crippen LogP contribution in [0, 0.1) is 0 Å². The number of nitrogens with two attached hydrogens (primary N) is 1. The van der Waals surface area contributed by atoms with Crippen LogP contribution in [0.2, 0.25) is 0 Å². The maximum atomic E-state index is 10.9. The lowest BCUT2D eigenvalue weighted by molar-refractivity contribution is 0.493. The van der Waals surface area contributed by atoms with Gasteiger partial charge in [-0.3, -0.25) is 0 Å². The fourth-order valence-corrected chi connectivity index (χ4v) is 1.90. The summed E-state index contributed by atoms with van der Waals surface area (Å²) in [5.41, 5.74) is 6.61. The van der Waals surface area contributed by atoms with Crippen LogP contribution in [0.25, 0.3) is 0 Å². The Morgan fingerprint density at radius 3 is 2.31 bits per heavy atom. The first kappa shape index (κ1) is 13.0. The van der Waals surface area contributed by atoms with E-state index in [2.05, 4.69) is 6.92 Å². The SMILES string of the molecule is CC(CCN)c1ccc(OS(C)(=O)=O)cc1. The monoisotopic (exact) mass is 243 g/mol. The van der Waals surface area contributed by atoms with E-state index in [0.717, 1.165) is 18.2 Å². The highest BCUT2D eigenvalue weighted by Gasteiger charge is 2.07. The van der Waals surface area contributed by atoms with Gasteiger partial charge in [-0.1, -0.05) is 19.1 Å². The molecule has 0 spiro atoms. The Bertz CT molecular complexity index is 425. The van der Waals surface area contributed by atoms with Gasteiger partial charge in [0.1, 0.15) is 5.75 Å². The molecule has 0 bridgehead atoms. The van der Waals surface area contributed by atoms with Gasteiger partial charge in [0, 0.05) is 0 Å². The van der Waals surface area contributed by atoms with Gasteiger partial charge >= 0.3 is 10.1 Å². The summed E-state index contributed by atoms with van der Waals surface area (Å²) in [6.45, 7) is 2.72. The van der Waals surface area contributed by atoms with Crippen molar-refractivity contribution in [3.63, 3.8) is 0 Å². The number of benzene rings is 1. The van der Waals surface area contributed by atoms with E-state index in [9.17, 15) is 8.42 Å². The van der Waals surface area contributed by atoms with Crippen molar-refractivity contribution in [3.8, 4) is 5.75 Å². The minimum atomic E-state index is -3.44. The highest BCUT2D eigenvalue weighted by Crippen LogP contribution is 2.21. The van der Waals surface area contributed by atoms with E-state index in [4.69, 9.17) is 9.92 Å². The summed E-state index contributed by atoms with van der Waals surface area (Å²) >= 11 is 0. The molecule has 1 atom stereocenters. The second kappa shape index (κ2) is 5.32. The molecular formula is C11H17NO3S. The summed E-state index contributed by atoms with van der Waals surface area (Å²) in [6, 6.07) is 7.04. The van der Waals surface area contributed by atoms with E-state index in [-0.39, 0.29) is 0 Å². The topological polar surface area (TPSA) is 69.4 Å². The van der Waals surface area contributed by atoms with Crippen LogP contribution < -0.4 is 9.92 Å². The third-order valence-electron chi connectivity index (χ3n) is 2.30. The summed E-state index contributed by atoms with van der Waals surface area (Å²) in [4.78, 5) is 0. The lowest BCUT2D eigenvalue weighted by Gasteiger charge is -2.10. The number of rotatable bonds is 5. The lowest BCUT2D eigenvalue weighted by Crippen LogP contribution is -2.06. The Kier molecular flexibility index (Phi) is 4.32. The predicted molar refractivity (Wildman–Crippen MR) is 64.0 cm³/mol. The maximum Gasteiger partial charge on any atom is 0.306 e. The molecule has 0 saturated carbocycles. The van der Waals surface area contributed by atoms with Crippen LogP contribution in [-0.4, -0.2) is 21.2 Å². The molecule has 1 rings (SSSR count). The van der Waals surface area contributed by atoms with Gasteiger partial charge in [0.05, 0.1) is 6.26 Å². The Morgan fingerprint density at radius 2 is 1.88 bits per heavy atom. The van der Waals surface area contributed by atoms with Crippen molar-refractivity contribution >= 4 is 10.1 Å². The van der Waals surface area contributed by atoms with E-state index < -0.39 is 10.1 Å². The van der Waals surface area contributed by atoms with E-state index in [1.165, 1.54) is 0 Å². The zero-order valence-electron chi connectivity index (χ0n) is 9.51. The smallest absolute Gasteiger partial charge is 0.306 e. The molecule has 4 nitrogen and oxygen atoms in total. The molecule has 1 aromatic carbocycles. The molecule has 0 aliphatic carbocycles. The van der Waals surface area contributed by atoms with Crippen molar-refractivity contribution in [2.45, 2.75) is 19.3 Å². The van der Waals surface area contributed by atoms with Gasteiger partial charge < -0.3 is 9.92 Å². The summed E-state index contributed by atoms with van der Waals surface area (Å²) in [5, 5.41) is 0. The Balaban J connectivity index is 2.75. The molecule has 0 aliphatic heterocycles. The van der Waals surface area contributed by atoms with Crippen LogP contribution >= 0.6 is 0 Å². The normalized spacial score (nSPS) is 13.4. The van der Waals surface area contributed by atoms with Gasteiger partial charge in [0.15, 0.2) is 0 Å². The fraction of sp³-hybridized carbons (Fsp3) is 0.455. The molecule has 0 aromatic heterocycles. The molecule has 5 heteroatoms. The summed E-state index contributed by atoms with van der Waals surface area (Å²) < 4.78 is 26.5. The summed E-state index contributed by atoms with van der Waals surface area (Å²) in [6.07, 6.45) is 1.93. The van der Waals surface area contributed by atoms with E-state index in [0.29, 0.717) is 18.2 Å². The largest absolute Gasteiger partial charge is 0.383 e. The van der Waals surface area contributed by atoms with E-state index in [1.54, 1.807) is 12.1 Å². The molecular weight excluding hydrogens is 226 g/mol. The van der Waals surface area contributed by atoms with Crippen LogP contribution in [0.3, 0.4) is 0 Å². The lowest BCUT2D eigenvalue weighted by atomic mass is 9.98. The standard InChI is InChI=1S/C11H17NO3S/c1-9(7-8-12)10-3-5-11(6-4-10)15-16(2,13)14/h3-6,9H,7-8,12H2,1-2H3. The fourth-order valence-electron chi connectivity index (χ4n) is 1.44. The molecule has 0 radical (unpaired) electrons. The van der Waals surface area contributed by atoms with Crippen LogP contribution in [0.15, 0.2) is 24.3 Å². The third-order valence-corrected chi connectivity index (χ3v) is 2.79. The molecule has 1 unspecified atom stereocenters. The van der Waals surface area contributed by atoms with E-state index in [1.807, 2.05) is 12.1 Å². The molecule has 0 fully saturated rings. The van der Waals surface area contributed by atoms with Gasteiger partial charge in [-0.25, -0.2) is 0 Å². The van der Waals surface area contributed by atoms with Gasteiger partial charge in [-0.2, -0.15) is 8.42 Å². The minimum Gasteiger partial charge on any atom is -0.383 e. The molecule has 0 heterocycles. The summed E-state index contributed by atoms with van der Waals surface area (Å²) in [5.74, 6) is 0.712. The first-order valence-electron chi connectivity index (χ1n) is 5.12. The van der Waals surface area contributed by atoms with Crippen molar-refractivity contribution in [2.24, 2.45) is 5.73 Å². The second-order valence-electron chi connectivity index (χ2n) is 3.83. The van der Waals surface area contributed by atoms with Crippen molar-refractivity contribution in [3.05, 3.63) is 29.8 Å². The Labute approximate surface area is 96.5 Å². The van der Waals surface area contributed by atoms with Gasteiger partial charge in [-0.15, -0.1) is 0 Å². The molecule has 16 heavy (non-hydrogen) atoms. The zero-order chi connectivity index (χ0) is 12.2. The molecule has 2 N–H and O–H groups in total. The summed E-state index contributed by atoms with van der Waals surface area (Å²) in [7, 11) is -3.44. The first-order valence-corrected chi connectivity index (χ1v) is 6.93. The van der Waals surface area contributed by atoms with Crippen LogP contribution in [0.1, 0.15) is 24.8 Å². The number of hydrogen-bond donors (Lipinski definition) is 1. The average molecular weight is 243 g/mol. The molecule has 0 amide bonds. The van der Waals surface area contributed by atoms with Crippen molar-refractivity contribution < 1.29 is 12.6 Å². The average Bonchev–Trinajstić information content (AvgIpc) is 2.16. The van der Waals surface area contributed by atoms with Crippen LogP contribution in [0.4, 0.5) is 0 Å². The minimum absolute atomic E-state index is 0.339. The highest BCUT2D eigenvalue weighted by atomic mass is 32.2. The van der Waals surface area contributed by atoms with Gasteiger partial charge in [-0.05, 0) is 36.6 Å².